The molecule has 0 amide bonds. The van der Waals surface area contributed by atoms with Crippen LogP contribution in [0.25, 0.3) is 0 Å². The Morgan fingerprint density at radius 2 is 2.41 bits per heavy atom. The van der Waals surface area contributed by atoms with Crippen LogP contribution in [-0.4, -0.2) is 33.0 Å². The summed E-state index contributed by atoms with van der Waals surface area (Å²) >= 11 is 1.42. The Bertz CT molecular complexity index is 388. The summed E-state index contributed by atoms with van der Waals surface area (Å²) in [6.07, 6.45) is 4.13. The zero-order valence-corrected chi connectivity index (χ0v) is 10.9. The summed E-state index contributed by atoms with van der Waals surface area (Å²) in [6, 6.07) is 0.450. The minimum Gasteiger partial charge on any atom is -0.378 e. The molecule has 1 saturated carbocycles. The molecule has 6 heteroatoms. The largest absolute Gasteiger partial charge is 0.378 e. The molecule has 2 rings (SSSR count). The molecule has 1 fully saturated rings. The Balaban J connectivity index is 1.76. The molecular weight excluding hydrogens is 238 g/mol. The number of hydrogen-bond acceptors (Lipinski definition) is 5. The number of thioether (sulfide) groups is 1. The average Bonchev–Trinajstić information content (AvgIpc) is 2.64. The Morgan fingerprint density at radius 3 is 3.06 bits per heavy atom. The van der Waals surface area contributed by atoms with Crippen molar-refractivity contribution < 1.29 is 9.53 Å². The van der Waals surface area contributed by atoms with E-state index in [2.05, 4.69) is 10.3 Å². The number of ether oxygens (including phenoxy) is 1. The van der Waals surface area contributed by atoms with E-state index in [0.29, 0.717) is 18.6 Å². The lowest BCUT2D eigenvalue weighted by Gasteiger charge is -2.34. The second-order valence-electron chi connectivity index (χ2n) is 4.42. The third-order valence-electron chi connectivity index (χ3n) is 2.96. The number of rotatable bonds is 5. The van der Waals surface area contributed by atoms with Gasteiger partial charge >= 0.3 is 0 Å². The number of carbonyl (C=O) groups is 1. The third kappa shape index (κ3) is 3.29. The monoisotopic (exact) mass is 255 g/mol. The highest BCUT2D eigenvalue weighted by molar-refractivity contribution is 8.13. The molecule has 0 aromatic carbocycles. The molecule has 0 saturated heterocycles. The van der Waals surface area contributed by atoms with Gasteiger partial charge in [-0.1, -0.05) is 17.0 Å². The lowest BCUT2D eigenvalue weighted by molar-refractivity contribution is -0.109. The smallest absolute Gasteiger partial charge is 0.185 e. The highest BCUT2D eigenvalue weighted by atomic mass is 32.2. The molecule has 0 atom stereocenters. The molecule has 1 aromatic heterocycles. The van der Waals surface area contributed by atoms with Gasteiger partial charge in [0.15, 0.2) is 5.12 Å². The van der Waals surface area contributed by atoms with E-state index >= 15 is 0 Å². The fourth-order valence-corrected chi connectivity index (χ4v) is 2.74. The first-order valence-electron chi connectivity index (χ1n) is 5.72. The SMILES string of the molecule is COCc1cn(C2CC(CSC(C)=O)C2)nn1. The molecule has 94 valence electrons. The van der Waals surface area contributed by atoms with Crippen molar-refractivity contribution in [1.29, 1.82) is 0 Å². The van der Waals surface area contributed by atoms with E-state index in [-0.39, 0.29) is 5.12 Å². The van der Waals surface area contributed by atoms with Crippen LogP contribution in [0.5, 0.6) is 0 Å². The van der Waals surface area contributed by atoms with Gasteiger partial charge in [0.2, 0.25) is 0 Å². The van der Waals surface area contributed by atoms with Crippen LogP contribution in [0, 0.1) is 5.92 Å². The molecule has 1 aliphatic rings. The molecular formula is C11H17N3O2S. The Labute approximate surface area is 105 Å². The van der Waals surface area contributed by atoms with Crippen LogP contribution in [0.3, 0.4) is 0 Å². The summed E-state index contributed by atoms with van der Waals surface area (Å²) in [5, 5.41) is 8.34. The Hall–Kier alpha value is -0.880. The first kappa shape index (κ1) is 12.6. The normalized spacial score (nSPS) is 23.4. The van der Waals surface area contributed by atoms with Crippen molar-refractivity contribution in [2.45, 2.75) is 32.4 Å². The highest BCUT2D eigenvalue weighted by Crippen LogP contribution is 2.39. The summed E-state index contributed by atoms with van der Waals surface area (Å²) in [5.41, 5.74) is 0.870. The van der Waals surface area contributed by atoms with Crippen molar-refractivity contribution in [2.24, 2.45) is 5.92 Å². The standard InChI is InChI=1S/C11H17N3O2S/c1-8(15)17-7-9-3-11(4-9)14-5-10(6-16-2)12-13-14/h5,9,11H,3-4,6-7H2,1-2H3. The number of carbonyl (C=O) groups excluding carboxylic acids is 1. The van der Waals surface area contributed by atoms with Crippen LogP contribution in [0.2, 0.25) is 0 Å². The molecule has 0 aliphatic heterocycles. The number of nitrogens with zero attached hydrogens (tertiary/aromatic N) is 3. The van der Waals surface area contributed by atoms with Gasteiger partial charge in [-0.05, 0) is 18.8 Å². The first-order valence-corrected chi connectivity index (χ1v) is 6.70. The van der Waals surface area contributed by atoms with Crippen molar-refractivity contribution in [3.63, 3.8) is 0 Å². The molecule has 1 aromatic rings. The second kappa shape index (κ2) is 5.64. The lowest BCUT2D eigenvalue weighted by Crippen LogP contribution is -2.29. The van der Waals surface area contributed by atoms with Gasteiger partial charge in [-0.2, -0.15) is 0 Å². The van der Waals surface area contributed by atoms with E-state index in [9.17, 15) is 4.79 Å². The van der Waals surface area contributed by atoms with Crippen LogP contribution in [-0.2, 0) is 16.1 Å². The molecule has 0 unspecified atom stereocenters. The van der Waals surface area contributed by atoms with Gasteiger partial charge in [-0.25, -0.2) is 4.68 Å². The van der Waals surface area contributed by atoms with Gasteiger partial charge in [0, 0.05) is 19.8 Å². The summed E-state index contributed by atoms with van der Waals surface area (Å²) in [4.78, 5) is 10.8. The fraction of sp³-hybridized carbons (Fsp3) is 0.727. The van der Waals surface area contributed by atoms with Crippen LogP contribution >= 0.6 is 11.8 Å². The molecule has 5 nitrogen and oxygen atoms in total. The van der Waals surface area contributed by atoms with Crippen molar-refractivity contribution in [3.05, 3.63) is 11.9 Å². The minimum atomic E-state index is 0.205. The van der Waals surface area contributed by atoms with E-state index in [1.165, 1.54) is 11.8 Å². The maximum absolute atomic E-state index is 10.8. The topological polar surface area (TPSA) is 57.0 Å². The van der Waals surface area contributed by atoms with Crippen LogP contribution in [0.1, 0.15) is 31.5 Å². The van der Waals surface area contributed by atoms with Crippen molar-refractivity contribution in [2.75, 3.05) is 12.9 Å². The zero-order valence-electron chi connectivity index (χ0n) is 10.1. The van der Waals surface area contributed by atoms with Gasteiger partial charge in [0.1, 0.15) is 5.69 Å². The Kier molecular flexibility index (Phi) is 4.17. The summed E-state index contributed by atoms with van der Waals surface area (Å²) in [7, 11) is 1.65. The van der Waals surface area contributed by atoms with Crippen molar-refractivity contribution in [1.82, 2.24) is 15.0 Å². The summed E-state index contributed by atoms with van der Waals surface area (Å²) in [5.74, 6) is 1.58. The summed E-state index contributed by atoms with van der Waals surface area (Å²) in [6.45, 7) is 2.13. The van der Waals surface area contributed by atoms with Gasteiger partial charge in [0.05, 0.1) is 18.8 Å². The van der Waals surface area contributed by atoms with Crippen molar-refractivity contribution >= 4 is 16.9 Å². The first-order chi connectivity index (χ1) is 8.19. The van der Waals surface area contributed by atoms with Crippen molar-refractivity contribution in [3.8, 4) is 0 Å². The maximum Gasteiger partial charge on any atom is 0.185 e. The van der Waals surface area contributed by atoms with Gasteiger partial charge in [-0.3, -0.25) is 4.79 Å². The molecule has 0 radical (unpaired) electrons. The number of hydrogen-bond donors (Lipinski definition) is 0. The van der Waals surface area contributed by atoms with Crippen LogP contribution < -0.4 is 0 Å². The predicted octanol–water partition coefficient (Wildman–Crippen LogP) is 1.66. The van der Waals surface area contributed by atoms with E-state index < -0.39 is 0 Å². The van der Waals surface area contributed by atoms with Gasteiger partial charge in [-0.15, -0.1) is 5.10 Å². The van der Waals surface area contributed by atoms with E-state index in [1.807, 2.05) is 10.9 Å². The summed E-state index contributed by atoms with van der Waals surface area (Å²) < 4.78 is 6.92. The van der Waals surface area contributed by atoms with E-state index in [0.717, 1.165) is 24.3 Å². The molecule has 17 heavy (non-hydrogen) atoms. The predicted molar refractivity (Wildman–Crippen MR) is 65.6 cm³/mol. The minimum absolute atomic E-state index is 0.205. The molecule has 1 heterocycles. The third-order valence-corrected chi connectivity index (χ3v) is 4.00. The quantitative estimate of drug-likeness (QED) is 0.801. The van der Waals surface area contributed by atoms with Crippen LogP contribution in [0.4, 0.5) is 0 Å². The average molecular weight is 255 g/mol. The maximum atomic E-state index is 10.8. The zero-order chi connectivity index (χ0) is 12.3. The van der Waals surface area contributed by atoms with E-state index in [4.69, 9.17) is 4.74 Å². The van der Waals surface area contributed by atoms with E-state index in [1.54, 1.807) is 14.0 Å². The molecule has 0 N–H and O–H groups in total. The fourth-order valence-electron chi connectivity index (χ4n) is 1.99. The Morgan fingerprint density at radius 1 is 1.65 bits per heavy atom. The second-order valence-corrected chi connectivity index (χ2v) is 5.61. The molecule has 0 spiro atoms. The van der Waals surface area contributed by atoms with Gasteiger partial charge in [0.25, 0.3) is 0 Å². The lowest BCUT2D eigenvalue weighted by atomic mass is 9.82. The number of methoxy groups -OCH3 is 1. The highest BCUT2D eigenvalue weighted by Gasteiger charge is 2.31. The number of aromatic nitrogens is 3. The van der Waals surface area contributed by atoms with Crippen LogP contribution in [0.15, 0.2) is 6.20 Å². The van der Waals surface area contributed by atoms with Gasteiger partial charge < -0.3 is 4.74 Å². The molecule has 1 aliphatic carbocycles. The molecule has 0 bridgehead atoms.